The molecule has 0 aromatic carbocycles. The van der Waals surface area contributed by atoms with E-state index in [2.05, 4.69) is 4.98 Å². The first-order valence-electron chi connectivity index (χ1n) is 9.01. The highest BCUT2D eigenvalue weighted by Crippen LogP contribution is 2.34. The van der Waals surface area contributed by atoms with Crippen LogP contribution in [0.4, 0.5) is 0 Å². The van der Waals surface area contributed by atoms with E-state index in [1.165, 1.54) is 34.3 Å². The van der Waals surface area contributed by atoms with Crippen LogP contribution in [0.25, 0.3) is 10.2 Å². The van der Waals surface area contributed by atoms with Crippen LogP contribution in [-0.2, 0) is 24.2 Å². The summed E-state index contributed by atoms with van der Waals surface area (Å²) in [5.41, 5.74) is 1.14. The Morgan fingerprint density at radius 2 is 1.83 bits per heavy atom. The van der Waals surface area contributed by atoms with Crippen molar-refractivity contribution < 1.29 is 4.79 Å². The zero-order chi connectivity index (χ0) is 16.5. The van der Waals surface area contributed by atoms with Gasteiger partial charge in [-0.2, -0.15) is 0 Å². The number of fused-ring (bicyclic) bond motifs is 3. The topological polar surface area (TPSA) is 55.2 Å². The van der Waals surface area contributed by atoms with Crippen LogP contribution in [0.5, 0.6) is 0 Å². The van der Waals surface area contributed by atoms with Gasteiger partial charge in [-0.3, -0.25) is 14.2 Å². The standard InChI is InChI=1S/C18H23N3O2S/c22-15(20-9-4-2-1-3-5-10-20)11-21-12-19-17-16(18(21)23)13-7-6-8-14(13)24-17/h12H,1-11H2. The maximum Gasteiger partial charge on any atom is 0.262 e. The number of nitrogens with zero attached hydrogens (tertiary/aromatic N) is 3. The summed E-state index contributed by atoms with van der Waals surface area (Å²) in [4.78, 5) is 34.0. The molecule has 2 aromatic rings. The summed E-state index contributed by atoms with van der Waals surface area (Å²) >= 11 is 1.64. The van der Waals surface area contributed by atoms with Crippen molar-refractivity contribution in [2.75, 3.05) is 13.1 Å². The molecule has 3 heterocycles. The number of aryl methyl sites for hydroxylation is 2. The number of carbonyl (C=O) groups excluding carboxylic acids is 1. The summed E-state index contributed by atoms with van der Waals surface area (Å²) in [7, 11) is 0. The van der Waals surface area contributed by atoms with Crippen LogP contribution < -0.4 is 5.56 Å². The molecular formula is C18H23N3O2S. The first-order chi connectivity index (χ1) is 11.7. The SMILES string of the molecule is O=C(Cn1cnc2sc3c(c2c1=O)CCC3)N1CCCCCCC1. The van der Waals surface area contributed by atoms with Crippen LogP contribution in [0.2, 0.25) is 0 Å². The summed E-state index contributed by atoms with van der Waals surface area (Å²) < 4.78 is 1.51. The number of amides is 1. The minimum Gasteiger partial charge on any atom is -0.341 e. The molecule has 2 aromatic heterocycles. The second kappa shape index (κ2) is 6.67. The van der Waals surface area contributed by atoms with Crippen LogP contribution in [0.3, 0.4) is 0 Å². The Balaban J connectivity index is 1.59. The smallest absolute Gasteiger partial charge is 0.262 e. The van der Waals surface area contributed by atoms with Crippen molar-refractivity contribution in [3.05, 3.63) is 27.1 Å². The summed E-state index contributed by atoms with van der Waals surface area (Å²) in [6, 6.07) is 0. The molecule has 5 nitrogen and oxygen atoms in total. The third-order valence-electron chi connectivity index (χ3n) is 5.21. The molecule has 128 valence electrons. The fraction of sp³-hybridized carbons (Fsp3) is 0.611. The lowest BCUT2D eigenvalue weighted by Gasteiger charge is -2.25. The number of hydrogen-bond acceptors (Lipinski definition) is 4. The van der Waals surface area contributed by atoms with Crippen LogP contribution in [0.1, 0.15) is 49.0 Å². The van der Waals surface area contributed by atoms with Crippen molar-refractivity contribution in [1.29, 1.82) is 0 Å². The number of aromatic nitrogens is 2. The average Bonchev–Trinajstić information content (AvgIpc) is 3.10. The Labute approximate surface area is 145 Å². The van der Waals surface area contributed by atoms with Gasteiger partial charge in [0.2, 0.25) is 5.91 Å². The van der Waals surface area contributed by atoms with Crippen LogP contribution in [0.15, 0.2) is 11.1 Å². The summed E-state index contributed by atoms with van der Waals surface area (Å²) in [5.74, 6) is 0.0482. The van der Waals surface area contributed by atoms with E-state index in [1.54, 1.807) is 17.7 Å². The second-order valence-electron chi connectivity index (χ2n) is 6.86. The fourth-order valence-electron chi connectivity index (χ4n) is 3.87. The van der Waals surface area contributed by atoms with E-state index < -0.39 is 0 Å². The molecule has 0 spiro atoms. The van der Waals surface area contributed by atoms with Gasteiger partial charge in [-0.15, -0.1) is 11.3 Å². The minimum absolute atomic E-state index is 0.0419. The second-order valence-corrected chi connectivity index (χ2v) is 7.95. The lowest BCUT2D eigenvalue weighted by molar-refractivity contribution is -0.132. The molecule has 6 heteroatoms. The molecule has 1 fully saturated rings. The van der Waals surface area contributed by atoms with Gasteiger partial charge in [-0.25, -0.2) is 4.98 Å². The predicted molar refractivity (Wildman–Crippen MR) is 95.6 cm³/mol. The molecule has 24 heavy (non-hydrogen) atoms. The minimum atomic E-state index is -0.0419. The lowest BCUT2D eigenvalue weighted by Crippen LogP contribution is -2.38. The largest absolute Gasteiger partial charge is 0.341 e. The van der Waals surface area contributed by atoms with Crippen molar-refractivity contribution in [3.63, 3.8) is 0 Å². The number of rotatable bonds is 2. The van der Waals surface area contributed by atoms with E-state index in [0.29, 0.717) is 0 Å². The van der Waals surface area contributed by atoms with E-state index in [-0.39, 0.29) is 18.0 Å². The molecule has 0 bridgehead atoms. The molecule has 0 unspecified atom stereocenters. The zero-order valence-electron chi connectivity index (χ0n) is 13.9. The molecule has 0 radical (unpaired) electrons. The summed E-state index contributed by atoms with van der Waals surface area (Å²) in [5, 5.41) is 0.760. The van der Waals surface area contributed by atoms with Crippen molar-refractivity contribution in [1.82, 2.24) is 14.5 Å². The quantitative estimate of drug-likeness (QED) is 0.841. The highest BCUT2D eigenvalue weighted by atomic mass is 32.1. The van der Waals surface area contributed by atoms with Gasteiger partial charge in [0, 0.05) is 18.0 Å². The monoisotopic (exact) mass is 345 g/mol. The van der Waals surface area contributed by atoms with Gasteiger partial charge in [0.15, 0.2) is 0 Å². The van der Waals surface area contributed by atoms with Crippen molar-refractivity contribution in [2.24, 2.45) is 0 Å². The van der Waals surface area contributed by atoms with Crippen LogP contribution in [0, 0.1) is 0 Å². The van der Waals surface area contributed by atoms with E-state index in [0.717, 1.165) is 55.4 Å². The molecule has 2 aliphatic rings. The van der Waals surface area contributed by atoms with Crippen molar-refractivity contribution in [3.8, 4) is 0 Å². The van der Waals surface area contributed by atoms with Crippen LogP contribution in [-0.4, -0.2) is 33.4 Å². The third kappa shape index (κ3) is 2.88. The Kier molecular flexibility index (Phi) is 4.39. The molecule has 0 saturated carbocycles. The first-order valence-corrected chi connectivity index (χ1v) is 9.83. The highest BCUT2D eigenvalue weighted by molar-refractivity contribution is 7.18. The maximum atomic E-state index is 12.8. The fourth-order valence-corrected chi connectivity index (χ4v) is 5.09. The third-order valence-corrected chi connectivity index (χ3v) is 6.41. The number of carbonyl (C=O) groups is 1. The molecule has 1 saturated heterocycles. The molecule has 0 atom stereocenters. The molecular weight excluding hydrogens is 322 g/mol. The Bertz CT molecular complexity index is 816. The zero-order valence-corrected chi connectivity index (χ0v) is 14.7. The molecule has 1 aliphatic carbocycles. The van der Waals surface area contributed by atoms with E-state index >= 15 is 0 Å². The summed E-state index contributed by atoms with van der Waals surface area (Å²) in [6.07, 6.45) is 10.5. The molecule has 4 rings (SSSR count). The van der Waals surface area contributed by atoms with Gasteiger partial charge in [-0.05, 0) is 37.7 Å². The van der Waals surface area contributed by atoms with Crippen molar-refractivity contribution >= 4 is 27.5 Å². The maximum absolute atomic E-state index is 12.8. The normalized spacial score (nSPS) is 18.4. The highest BCUT2D eigenvalue weighted by Gasteiger charge is 2.22. The van der Waals surface area contributed by atoms with Gasteiger partial charge in [0.1, 0.15) is 11.4 Å². The Morgan fingerprint density at radius 3 is 2.62 bits per heavy atom. The van der Waals surface area contributed by atoms with Crippen molar-refractivity contribution in [2.45, 2.75) is 57.9 Å². The average molecular weight is 345 g/mol. The molecule has 1 amide bonds. The molecule has 0 N–H and O–H groups in total. The van der Waals surface area contributed by atoms with Crippen LogP contribution >= 0.6 is 11.3 Å². The first kappa shape index (κ1) is 15.8. The van der Waals surface area contributed by atoms with E-state index in [4.69, 9.17) is 0 Å². The molecule has 1 aliphatic heterocycles. The Morgan fingerprint density at radius 1 is 1.08 bits per heavy atom. The van der Waals surface area contributed by atoms with E-state index in [9.17, 15) is 9.59 Å². The van der Waals surface area contributed by atoms with Gasteiger partial charge >= 0.3 is 0 Å². The number of likely N-dealkylation sites (tertiary alicyclic amines) is 1. The summed E-state index contributed by atoms with van der Waals surface area (Å²) in [6.45, 7) is 1.75. The van der Waals surface area contributed by atoms with Gasteiger partial charge < -0.3 is 4.90 Å². The number of thiophene rings is 1. The van der Waals surface area contributed by atoms with Gasteiger partial charge in [0.05, 0.1) is 11.7 Å². The van der Waals surface area contributed by atoms with Gasteiger partial charge in [0.25, 0.3) is 5.56 Å². The van der Waals surface area contributed by atoms with Gasteiger partial charge in [-0.1, -0.05) is 19.3 Å². The Hall–Kier alpha value is -1.69. The lowest BCUT2D eigenvalue weighted by atomic mass is 10.1. The number of hydrogen-bond donors (Lipinski definition) is 0. The van der Waals surface area contributed by atoms with E-state index in [1.807, 2.05) is 4.90 Å². The predicted octanol–water partition coefficient (Wildman–Crippen LogP) is 2.74.